The van der Waals surface area contributed by atoms with Crippen LogP contribution in [0.3, 0.4) is 0 Å². The van der Waals surface area contributed by atoms with Gasteiger partial charge in [-0.05, 0) is 30.3 Å². The summed E-state index contributed by atoms with van der Waals surface area (Å²) in [5.41, 5.74) is 1.72. The van der Waals surface area contributed by atoms with Crippen molar-refractivity contribution in [1.82, 2.24) is 10.2 Å². The van der Waals surface area contributed by atoms with Crippen molar-refractivity contribution in [2.45, 2.75) is 0 Å². The van der Waals surface area contributed by atoms with Crippen LogP contribution < -0.4 is 10.1 Å². The lowest BCUT2D eigenvalue weighted by Gasteiger charge is -2.11. The Hall–Kier alpha value is -2.24. The largest absolute Gasteiger partial charge is 0.494 e. The second kappa shape index (κ2) is 5.87. The number of aromatic nitrogens is 2. The van der Waals surface area contributed by atoms with Crippen molar-refractivity contribution >= 4 is 45.7 Å². The average molecular weight is 336 g/mol. The van der Waals surface area contributed by atoms with Gasteiger partial charge in [0.2, 0.25) is 0 Å². The van der Waals surface area contributed by atoms with Gasteiger partial charge < -0.3 is 10.1 Å². The number of hydrogen-bond donors (Lipinski definition) is 2. The molecular formula is C15H11Cl2N3O2. The first-order valence-corrected chi connectivity index (χ1v) is 7.11. The Morgan fingerprint density at radius 1 is 1.27 bits per heavy atom. The summed E-state index contributed by atoms with van der Waals surface area (Å²) in [6.07, 6.45) is 1.71. The van der Waals surface area contributed by atoms with Gasteiger partial charge in [0, 0.05) is 16.1 Å². The van der Waals surface area contributed by atoms with Gasteiger partial charge in [-0.3, -0.25) is 9.89 Å². The third-order valence-electron chi connectivity index (χ3n) is 3.16. The molecule has 112 valence electrons. The molecule has 3 rings (SSSR count). The van der Waals surface area contributed by atoms with E-state index in [9.17, 15) is 4.79 Å². The summed E-state index contributed by atoms with van der Waals surface area (Å²) in [4.78, 5) is 12.4. The molecule has 3 aromatic rings. The highest BCUT2D eigenvalue weighted by atomic mass is 35.5. The number of methoxy groups -OCH3 is 1. The smallest absolute Gasteiger partial charge is 0.259 e. The lowest BCUT2D eigenvalue weighted by Crippen LogP contribution is -2.13. The highest BCUT2D eigenvalue weighted by Crippen LogP contribution is 2.32. The third kappa shape index (κ3) is 2.73. The zero-order valence-corrected chi connectivity index (χ0v) is 13.0. The van der Waals surface area contributed by atoms with E-state index < -0.39 is 0 Å². The van der Waals surface area contributed by atoms with Gasteiger partial charge in [-0.2, -0.15) is 5.10 Å². The monoisotopic (exact) mass is 335 g/mol. The number of ether oxygens (including phenoxy) is 1. The number of amides is 1. The molecule has 5 nitrogen and oxygen atoms in total. The predicted octanol–water partition coefficient (Wildman–Crippen LogP) is 4.13. The van der Waals surface area contributed by atoms with Crippen molar-refractivity contribution in [1.29, 1.82) is 0 Å². The number of anilines is 1. The van der Waals surface area contributed by atoms with Crippen LogP contribution in [0.5, 0.6) is 5.75 Å². The van der Waals surface area contributed by atoms with E-state index in [2.05, 4.69) is 15.5 Å². The van der Waals surface area contributed by atoms with Crippen molar-refractivity contribution in [2.75, 3.05) is 12.4 Å². The molecule has 7 heteroatoms. The Morgan fingerprint density at radius 3 is 2.86 bits per heavy atom. The molecule has 0 atom stereocenters. The summed E-state index contributed by atoms with van der Waals surface area (Å²) in [7, 11) is 1.45. The van der Waals surface area contributed by atoms with Gasteiger partial charge in [-0.15, -0.1) is 0 Å². The van der Waals surface area contributed by atoms with Gasteiger partial charge in [0.15, 0.2) is 0 Å². The molecule has 2 N–H and O–H groups in total. The number of benzene rings is 2. The minimum Gasteiger partial charge on any atom is -0.494 e. The van der Waals surface area contributed by atoms with Crippen molar-refractivity contribution < 1.29 is 9.53 Å². The molecule has 0 saturated carbocycles. The molecule has 0 aliphatic carbocycles. The minimum absolute atomic E-state index is 0.268. The molecule has 0 fully saturated rings. The first kappa shape index (κ1) is 14.7. The van der Waals surface area contributed by atoms with Crippen molar-refractivity contribution in [2.24, 2.45) is 0 Å². The molecule has 0 aliphatic rings. The minimum atomic E-state index is -0.361. The van der Waals surface area contributed by atoms with Gasteiger partial charge in [0.1, 0.15) is 5.75 Å². The fourth-order valence-electron chi connectivity index (χ4n) is 2.15. The standard InChI is InChI=1S/C15H11Cl2N3O2/c1-22-14-11(4-9(16)5-12(14)17)15(21)19-10-3-2-8-7-18-20-13(8)6-10/h2-7H,1H3,(H,18,20)(H,19,21). The summed E-state index contributed by atoms with van der Waals surface area (Å²) in [6, 6.07) is 8.47. The number of nitrogens with zero attached hydrogens (tertiary/aromatic N) is 1. The van der Waals surface area contributed by atoms with Gasteiger partial charge in [0.25, 0.3) is 5.91 Å². The molecule has 0 spiro atoms. The second-order valence-electron chi connectivity index (χ2n) is 4.59. The molecule has 1 amide bonds. The van der Waals surface area contributed by atoms with Crippen molar-refractivity contribution in [3.63, 3.8) is 0 Å². The summed E-state index contributed by atoms with van der Waals surface area (Å²) in [5, 5.41) is 11.2. The molecular weight excluding hydrogens is 325 g/mol. The number of hydrogen-bond acceptors (Lipinski definition) is 3. The number of fused-ring (bicyclic) bond motifs is 1. The van der Waals surface area contributed by atoms with Gasteiger partial charge >= 0.3 is 0 Å². The molecule has 1 heterocycles. The average Bonchev–Trinajstić information content (AvgIpc) is 2.94. The summed E-state index contributed by atoms with van der Waals surface area (Å²) in [5.74, 6) is -0.0775. The van der Waals surface area contributed by atoms with Gasteiger partial charge in [0.05, 0.1) is 29.4 Å². The van der Waals surface area contributed by atoms with Crippen LogP contribution in [-0.4, -0.2) is 23.2 Å². The van der Waals surface area contributed by atoms with Crippen LogP contribution in [0.1, 0.15) is 10.4 Å². The normalized spacial score (nSPS) is 10.7. The molecule has 0 radical (unpaired) electrons. The highest BCUT2D eigenvalue weighted by molar-refractivity contribution is 6.36. The SMILES string of the molecule is COc1c(Cl)cc(Cl)cc1C(=O)Nc1ccc2cn[nH]c2c1. The van der Waals surface area contributed by atoms with Crippen LogP contribution in [0.4, 0.5) is 5.69 Å². The van der Waals surface area contributed by atoms with Crippen LogP contribution in [-0.2, 0) is 0 Å². The van der Waals surface area contributed by atoms with Crippen LogP contribution >= 0.6 is 23.2 Å². The second-order valence-corrected chi connectivity index (χ2v) is 5.44. The van der Waals surface area contributed by atoms with Crippen molar-refractivity contribution in [3.8, 4) is 5.75 Å². The van der Waals surface area contributed by atoms with E-state index in [1.165, 1.54) is 19.2 Å². The maximum Gasteiger partial charge on any atom is 0.259 e. The number of halogens is 2. The first-order chi connectivity index (χ1) is 10.6. The predicted molar refractivity (Wildman–Crippen MR) is 87.1 cm³/mol. The summed E-state index contributed by atoms with van der Waals surface area (Å²) < 4.78 is 5.18. The lowest BCUT2D eigenvalue weighted by atomic mass is 10.1. The summed E-state index contributed by atoms with van der Waals surface area (Å²) >= 11 is 12.0. The highest BCUT2D eigenvalue weighted by Gasteiger charge is 2.17. The van der Waals surface area contributed by atoms with Gasteiger partial charge in [-0.25, -0.2) is 0 Å². The number of H-pyrrole nitrogens is 1. The molecule has 1 aromatic heterocycles. The molecule has 0 bridgehead atoms. The zero-order valence-electron chi connectivity index (χ0n) is 11.5. The number of aromatic amines is 1. The Bertz CT molecular complexity index is 861. The van der Waals surface area contributed by atoms with Crippen LogP contribution in [0.15, 0.2) is 36.5 Å². The van der Waals surface area contributed by atoms with E-state index in [0.29, 0.717) is 10.7 Å². The fourth-order valence-corrected chi connectivity index (χ4v) is 2.72. The topological polar surface area (TPSA) is 67.0 Å². The third-order valence-corrected chi connectivity index (χ3v) is 3.66. The maximum absolute atomic E-state index is 12.4. The Morgan fingerprint density at radius 2 is 2.09 bits per heavy atom. The number of carbonyl (C=O) groups excluding carboxylic acids is 1. The van der Waals surface area contributed by atoms with Crippen LogP contribution in [0.2, 0.25) is 10.0 Å². The molecule has 22 heavy (non-hydrogen) atoms. The first-order valence-electron chi connectivity index (χ1n) is 6.36. The zero-order chi connectivity index (χ0) is 15.7. The Labute approximate surface area is 136 Å². The Balaban J connectivity index is 1.94. The number of carbonyl (C=O) groups is 1. The number of nitrogens with one attached hydrogen (secondary N) is 2. The molecule has 0 aliphatic heterocycles. The van der Waals surface area contributed by atoms with Crippen LogP contribution in [0.25, 0.3) is 10.9 Å². The maximum atomic E-state index is 12.4. The molecule has 0 saturated heterocycles. The van der Waals surface area contributed by atoms with Crippen molar-refractivity contribution in [3.05, 3.63) is 52.1 Å². The van der Waals surface area contributed by atoms with E-state index in [1.807, 2.05) is 6.07 Å². The lowest BCUT2D eigenvalue weighted by molar-refractivity contribution is 0.102. The van der Waals surface area contributed by atoms with E-state index in [-0.39, 0.29) is 22.2 Å². The van der Waals surface area contributed by atoms with Gasteiger partial charge in [-0.1, -0.05) is 23.2 Å². The fraction of sp³-hybridized carbons (Fsp3) is 0.0667. The van der Waals surface area contributed by atoms with E-state index >= 15 is 0 Å². The van der Waals surface area contributed by atoms with Crippen LogP contribution in [0, 0.1) is 0 Å². The molecule has 0 unspecified atom stereocenters. The van der Waals surface area contributed by atoms with E-state index in [1.54, 1.807) is 18.3 Å². The quantitative estimate of drug-likeness (QED) is 0.756. The Kier molecular flexibility index (Phi) is 3.92. The van der Waals surface area contributed by atoms with E-state index in [0.717, 1.165) is 10.9 Å². The summed E-state index contributed by atoms with van der Waals surface area (Å²) in [6.45, 7) is 0. The molecule has 2 aromatic carbocycles. The van der Waals surface area contributed by atoms with E-state index in [4.69, 9.17) is 27.9 Å². The number of rotatable bonds is 3.